The quantitative estimate of drug-likeness (QED) is 0.642. The molecule has 1 N–H and O–H groups in total. The van der Waals surface area contributed by atoms with Crippen molar-refractivity contribution in [2.75, 3.05) is 6.61 Å². The summed E-state index contributed by atoms with van der Waals surface area (Å²) in [4.78, 5) is 11.2. The van der Waals surface area contributed by atoms with E-state index in [-0.39, 0.29) is 20.9 Å². The zero-order valence-corrected chi connectivity index (χ0v) is 11.1. The predicted molar refractivity (Wildman–Crippen MR) is 63.9 cm³/mol. The molecule has 0 spiro atoms. The van der Waals surface area contributed by atoms with E-state index in [1.165, 1.54) is 0 Å². The van der Waals surface area contributed by atoms with Gasteiger partial charge in [0.25, 0.3) is 0 Å². The number of ether oxygens (including phenoxy) is 1. The van der Waals surface area contributed by atoms with Crippen molar-refractivity contribution >= 4 is 25.4 Å². The number of rotatable bonds is 5. The van der Waals surface area contributed by atoms with E-state index >= 15 is 0 Å². The molecule has 0 unspecified atom stereocenters. The minimum atomic E-state index is -0.667. The first kappa shape index (κ1) is 13.2. The molecule has 0 fully saturated rings. The van der Waals surface area contributed by atoms with Crippen LogP contribution in [0.15, 0.2) is 30.3 Å². The molecule has 4 heteroatoms. The van der Waals surface area contributed by atoms with Gasteiger partial charge in [0.05, 0.1) is 0 Å². The number of benzene rings is 1. The molecule has 0 saturated carbocycles. The van der Waals surface area contributed by atoms with Gasteiger partial charge in [-0.1, -0.05) is 0 Å². The minimum absolute atomic E-state index is 0.0956. The summed E-state index contributed by atoms with van der Waals surface area (Å²) in [6.07, 6.45) is -0.667. The molecular formula is C12H16O3Se. The number of carbonyl (C=O) groups is 1. The first-order chi connectivity index (χ1) is 7.65. The van der Waals surface area contributed by atoms with Gasteiger partial charge < -0.3 is 0 Å². The van der Waals surface area contributed by atoms with Crippen molar-refractivity contribution in [3.8, 4) is 0 Å². The molecule has 0 heterocycles. The third-order valence-electron chi connectivity index (χ3n) is 1.96. The average molecular weight is 287 g/mol. The van der Waals surface area contributed by atoms with E-state index in [1.54, 1.807) is 13.8 Å². The van der Waals surface area contributed by atoms with Gasteiger partial charge in [0, 0.05) is 0 Å². The standard InChI is InChI=1S/C12H16O3Se/c1-3-15-12(14)11(9(2)13)16-10-7-5-4-6-8-10/h4-9,11,13H,3H2,1-2H3/t9-,11-/m1/s1. The van der Waals surface area contributed by atoms with E-state index in [4.69, 9.17) is 4.74 Å². The van der Waals surface area contributed by atoms with Crippen molar-refractivity contribution in [2.24, 2.45) is 0 Å². The van der Waals surface area contributed by atoms with Crippen molar-refractivity contribution in [1.82, 2.24) is 0 Å². The fourth-order valence-electron chi connectivity index (χ4n) is 1.21. The van der Waals surface area contributed by atoms with Gasteiger partial charge in [-0.3, -0.25) is 0 Å². The van der Waals surface area contributed by atoms with Gasteiger partial charge in [0.2, 0.25) is 0 Å². The van der Waals surface area contributed by atoms with Crippen molar-refractivity contribution in [3.05, 3.63) is 30.3 Å². The van der Waals surface area contributed by atoms with Gasteiger partial charge in [-0.2, -0.15) is 0 Å². The molecular weight excluding hydrogens is 271 g/mol. The summed E-state index contributed by atoms with van der Waals surface area (Å²) in [5.41, 5.74) is 0. The maximum atomic E-state index is 11.6. The van der Waals surface area contributed by atoms with E-state index in [1.807, 2.05) is 30.3 Å². The van der Waals surface area contributed by atoms with Gasteiger partial charge >= 0.3 is 102 Å². The van der Waals surface area contributed by atoms with Crippen molar-refractivity contribution in [3.63, 3.8) is 0 Å². The third-order valence-corrected chi connectivity index (χ3v) is 4.87. The van der Waals surface area contributed by atoms with Crippen LogP contribution in [-0.4, -0.2) is 38.7 Å². The van der Waals surface area contributed by atoms with E-state index in [0.717, 1.165) is 4.46 Å². The first-order valence-corrected chi connectivity index (χ1v) is 7.06. The fraction of sp³-hybridized carbons (Fsp3) is 0.417. The van der Waals surface area contributed by atoms with E-state index < -0.39 is 10.9 Å². The van der Waals surface area contributed by atoms with Crippen LogP contribution in [0.1, 0.15) is 13.8 Å². The van der Waals surface area contributed by atoms with Gasteiger partial charge in [0.1, 0.15) is 0 Å². The Morgan fingerprint density at radius 3 is 2.56 bits per heavy atom. The number of esters is 1. The van der Waals surface area contributed by atoms with E-state index in [9.17, 15) is 9.90 Å². The van der Waals surface area contributed by atoms with Crippen LogP contribution >= 0.6 is 0 Å². The second kappa shape index (κ2) is 6.69. The zero-order chi connectivity index (χ0) is 12.0. The number of hydrogen-bond acceptors (Lipinski definition) is 3. The summed E-state index contributed by atoms with van der Waals surface area (Å²) in [5.74, 6) is -0.304. The Bertz CT molecular complexity index is 324. The van der Waals surface area contributed by atoms with Crippen LogP contribution < -0.4 is 4.46 Å². The van der Waals surface area contributed by atoms with Crippen LogP contribution in [0.4, 0.5) is 0 Å². The summed E-state index contributed by atoms with van der Waals surface area (Å²) >= 11 is -0.0956. The molecule has 0 radical (unpaired) electrons. The summed E-state index contributed by atoms with van der Waals surface area (Å²) in [6.45, 7) is 3.76. The number of aliphatic hydroxyl groups excluding tert-OH is 1. The van der Waals surface area contributed by atoms with Crippen molar-refractivity contribution in [2.45, 2.75) is 24.8 Å². The molecule has 0 bridgehead atoms. The van der Waals surface area contributed by atoms with Crippen LogP contribution in [0.3, 0.4) is 0 Å². The Kier molecular flexibility index (Phi) is 5.53. The number of aliphatic hydroxyl groups is 1. The van der Waals surface area contributed by atoms with Gasteiger partial charge in [-0.15, -0.1) is 0 Å². The normalized spacial score (nSPS) is 14.2. The second-order valence-electron chi connectivity index (χ2n) is 3.34. The van der Waals surface area contributed by atoms with Gasteiger partial charge in [-0.05, 0) is 0 Å². The molecule has 0 aliphatic heterocycles. The van der Waals surface area contributed by atoms with Crippen LogP contribution in [0, 0.1) is 0 Å². The van der Waals surface area contributed by atoms with Gasteiger partial charge in [0.15, 0.2) is 0 Å². The molecule has 0 aromatic heterocycles. The van der Waals surface area contributed by atoms with E-state index in [0.29, 0.717) is 6.61 Å². The molecule has 1 rings (SSSR count). The second-order valence-corrected chi connectivity index (χ2v) is 5.89. The van der Waals surface area contributed by atoms with E-state index in [2.05, 4.69) is 0 Å². The van der Waals surface area contributed by atoms with Crippen LogP contribution in [0.5, 0.6) is 0 Å². The molecule has 0 aliphatic carbocycles. The molecule has 1 aromatic carbocycles. The van der Waals surface area contributed by atoms with Crippen molar-refractivity contribution in [1.29, 1.82) is 0 Å². The first-order valence-electron chi connectivity index (χ1n) is 5.21. The molecule has 0 saturated heterocycles. The maximum absolute atomic E-state index is 11.6. The Morgan fingerprint density at radius 2 is 2.06 bits per heavy atom. The Hall–Kier alpha value is -0.831. The predicted octanol–water partition coefficient (Wildman–Crippen LogP) is 0.748. The Morgan fingerprint density at radius 1 is 1.44 bits per heavy atom. The summed E-state index contributed by atoms with van der Waals surface area (Å²) in [6, 6.07) is 9.73. The zero-order valence-electron chi connectivity index (χ0n) is 9.42. The number of hydrogen-bond donors (Lipinski definition) is 1. The topological polar surface area (TPSA) is 46.5 Å². The summed E-state index contributed by atoms with van der Waals surface area (Å²) in [5, 5.41) is 9.59. The molecule has 16 heavy (non-hydrogen) atoms. The van der Waals surface area contributed by atoms with Gasteiger partial charge in [-0.25, -0.2) is 0 Å². The molecule has 2 atom stereocenters. The molecule has 88 valence electrons. The molecule has 3 nitrogen and oxygen atoms in total. The van der Waals surface area contributed by atoms with Crippen LogP contribution in [0.25, 0.3) is 0 Å². The van der Waals surface area contributed by atoms with Crippen LogP contribution in [0.2, 0.25) is 4.82 Å². The SMILES string of the molecule is CCOC(=O)[C@H]([Se]c1ccccc1)[C@@H](C)O. The number of carbonyl (C=O) groups excluding carboxylic acids is 1. The Labute approximate surface area is 102 Å². The van der Waals surface area contributed by atoms with Crippen molar-refractivity contribution < 1.29 is 14.6 Å². The summed E-state index contributed by atoms with van der Waals surface area (Å²) in [7, 11) is 0. The monoisotopic (exact) mass is 288 g/mol. The molecule has 0 aliphatic rings. The third kappa shape index (κ3) is 3.97. The van der Waals surface area contributed by atoms with Crippen LogP contribution in [-0.2, 0) is 9.53 Å². The molecule has 1 aromatic rings. The Balaban J connectivity index is 2.69. The molecule has 0 amide bonds. The summed E-state index contributed by atoms with van der Waals surface area (Å²) < 4.78 is 6.05. The average Bonchev–Trinajstić information content (AvgIpc) is 2.27. The fourth-order valence-corrected chi connectivity index (χ4v) is 3.25.